The van der Waals surface area contributed by atoms with Gasteiger partial charge in [-0.15, -0.1) is 11.3 Å². The summed E-state index contributed by atoms with van der Waals surface area (Å²) >= 11 is 1.64. The van der Waals surface area contributed by atoms with Crippen LogP contribution in [0.1, 0.15) is 48.9 Å². The summed E-state index contributed by atoms with van der Waals surface area (Å²) in [6, 6.07) is 15.5. The zero-order valence-electron chi connectivity index (χ0n) is 18.7. The van der Waals surface area contributed by atoms with Crippen molar-refractivity contribution in [2.45, 2.75) is 13.0 Å². The largest absolute Gasteiger partial charge is 0.494 e. The van der Waals surface area contributed by atoms with Crippen LogP contribution in [0.15, 0.2) is 60.0 Å². The minimum absolute atomic E-state index is 0.0433. The third-order valence-electron chi connectivity index (χ3n) is 5.51. The first-order valence-corrected chi connectivity index (χ1v) is 11.5. The van der Waals surface area contributed by atoms with Crippen LogP contribution in [0.5, 0.6) is 5.75 Å². The summed E-state index contributed by atoms with van der Waals surface area (Å²) in [5.74, 6) is -0.480. The van der Waals surface area contributed by atoms with Gasteiger partial charge in [-0.25, -0.2) is 4.90 Å². The molecule has 2 heterocycles. The van der Waals surface area contributed by atoms with Crippen LogP contribution in [0.4, 0.5) is 5.69 Å². The fourth-order valence-corrected chi connectivity index (χ4v) is 4.71. The van der Waals surface area contributed by atoms with Crippen LogP contribution < -0.4 is 15.0 Å². The van der Waals surface area contributed by atoms with Gasteiger partial charge in [-0.3, -0.25) is 14.4 Å². The second-order valence-electron chi connectivity index (χ2n) is 7.84. The number of nitrogens with zero attached hydrogens (tertiary/aromatic N) is 2. The van der Waals surface area contributed by atoms with Gasteiger partial charge in [0, 0.05) is 17.0 Å². The lowest BCUT2D eigenvalue weighted by atomic mass is 10.1. The number of benzene rings is 2. The number of anilines is 1. The third kappa shape index (κ3) is 4.53. The molecule has 33 heavy (non-hydrogen) atoms. The first-order chi connectivity index (χ1) is 15.9. The maximum Gasteiger partial charge on any atom is 0.266 e. The maximum atomic E-state index is 13.0. The summed E-state index contributed by atoms with van der Waals surface area (Å²) in [6.45, 7) is 2.84. The number of carbonyl (C=O) groups excluding carboxylic acids is 3. The Kier molecular flexibility index (Phi) is 6.57. The van der Waals surface area contributed by atoms with E-state index in [4.69, 9.17) is 4.74 Å². The molecule has 2 aromatic carbocycles. The highest BCUT2D eigenvalue weighted by atomic mass is 32.1. The summed E-state index contributed by atoms with van der Waals surface area (Å²) in [6.07, 6.45) is 0. The molecule has 0 saturated heterocycles. The number of hydrogen-bond acceptors (Lipinski definition) is 6. The van der Waals surface area contributed by atoms with Gasteiger partial charge in [0.2, 0.25) is 0 Å². The van der Waals surface area contributed by atoms with Crippen molar-refractivity contribution in [2.75, 3.05) is 32.1 Å². The number of rotatable bonds is 8. The Balaban J connectivity index is 1.51. The predicted molar refractivity (Wildman–Crippen MR) is 128 cm³/mol. The fraction of sp³-hybridized carbons (Fsp3) is 0.240. The van der Waals surface area contributed by atoms with Gasteiger partial charge < -0.3 is 15.0 Å². The van der Waals surface area contributed by atoms with E-state index in [9.17, 15) is 14.4 Å². The van der Waals surface area contributed by atoms with Crippen LogP contribution in [0.3, 0.4) is 0 Å². The third-order valence-corrected chi connectivity index (χ3v) is 6.48. The average molecular weight is 464 g/mol. The van der Waals surface area contributed by atoms with Crippen molar-refractivity contribution in [1.82, 2.24) is 10.2 Å². The molecule has 1 aliphatic heterocycles. The van der Waals surface area contributed by atoms with Crippen LogP contribution >= 0.6 is 11.3 Å². The number of amides is 3. The number of nitrogens with one attached hydrogen (secondary N) is 1. The standard InChI is InChI=1S/C25H25N3O4S/c1-4-32-18-10-8-17(9-11-18)28-24(30)19-12-7-16(14-20(19)25(28)31)23(29)26-15-21(27(2)3)22-6-5-13-33-22/h5-14,21H,4,15H2,1-3H3,(H,26,29). The predicted octanol–water partition coefficient (Wildman–Crippen LogP) is 3.98. The minimum atomic E-state index is -0.446. The zero-order chi connectivity index (χ0) is 23.5. The summed E-state index contributed by atoms with van der Waals surface area (Å²) in [7, 11) is 3.93. The molecule has 3 amide bonds. The van der Waals surface area contributed by atoms with Crippen molar-refractivity contribution in [3.8, 4) is 5.75 Å². The molecule has 0 saturated carbocycles. The Morgan fingerprint density at radius 1 is 1.06 bits per heavy atom. The molecule has 7 nitrogen and oxygen atoms in total. The van der Waals surface area contributed by atoms with Gasteiger partial charge in [0.05, 0.1) is 29.5 Å². The number of imide groups is 1. The highest BCUT2D eigenvalue weighted by Gasteiger charge is 2.37. The second kappa shape index (κ2) is 9.56. The van der Waals surface area contributed by atoms with Gasteiger partial charge in [-0.2, -0.15) is 0 Å². The molecule has 1 aliphatic rings. The molecule has 0 aliphatic carbocycles. The normalized spacial score (nSPS) is 13.9. The molecule has 0 bridgehead atoms. The minimum Gasteiger partial charge on any atom is -0.494 e. The van der Waals surface area contributed by atoms with Gasteiger partial charge in [-0.1, -0.05) is 6.07 Å². The molecule has 170 valence electrons. The number of carbonyl (C=O) groups is 3. The maximum absolute atomic E-state index is 13.0. The number of ether oxygens (including phenoxy) is 1. The van der Waals surface area contributed by atoms with Gasteiger partial charge >= 0.3 is 0 Å². The smallest absolute Gasteiger partial charge is 0.266 e. The van der Waals surface area contributed by atoms with Crippen molar-refractivity contribution >= 4 is 34.7 Å². The molecule has 0 fully saturated rings. The molecule has 1 N–H and O–H groups in total. The van der Waals surface area contributed by atoms with Crippen LogP contribution in [0, 0.1) is 0 Å². The Hall–Kier alpha value is -3.49. The van der Waals surface area contributed by atoms with Crippen molar-refractivity contribution < 1.29 is 19.1 Å². The molecule has 0 radical (unpaired) electrons. The lowest BCUT2D eigenvalue weighted by Crippen LogP contribution is -2.34. The summed E-state index contributed by atoms with van der Waals surface area (Å²) in [4.78, 5) is 43.1. The molecule has 8 heteroatoms. The lowest BCUT2D eigenvalue weighted by Gasteiger charge is -2.23. The molecule has 3 aromatic rings. The van der Waals surface area contributed by atoms with E-state index in [0.717, 1.165) is 9.78 Å². The summed E-state index contributed by atoms with van der Waals surface area (Å²) < 4.78 is 5.42. The molecule has 4 rings (SSSR count). The summed E-state index contributed by atoms with van der Waals surface area (Å²) in [5.41, 5.74) is 1.31. The number of likely N-dealkylation sites (N-methyl/N-ethyl adjacent to an activating group) is 1. The van der Waals surface area contributed by atoms with Crippen molar-refractivity contribution in [3.63, 3.8) is 0 Å². The number of thiophene rings is 1. The molecule has 1 aromatic heterocycles. The van der Waals surface area contributed by atoms with Crippen LogP contribution in [-0.4, -0.2) is 49.9 Å². The highest BCUT2D eigenvalue weighted by Crippen LogP contribution is 2.30. The fourth-order valence-electron chi connectivity index (χ4n) is 3.78. The van der Waals surface area contributed by atoms with Crippen molar-refractivity contribution in [1.29, 1.82) is 0 Å². The average Bonchev–Trinajstić information content (AvgIpc) is 3.42. The second-order valence-corrected chi connectivity index (χ2v) is 8.82. The first-order valence-electron chi connectivity index (χ1n) is 10.6. The molecular weight excluding hydrogens is 438 g/mol. The van der Waals surface area contributed by atoms with Gasteiger partial charge in [-0.05, 0) is 74.9 Å². The van der Waals surface area contributed by atoms with Crippen molar-refractivity contribution in [2.24, 2.45) is 0 Å². The van der Waals surface area contributed by atoms with E-state index in [1.54, 1.807) is 47.7 Å². The van der Waals surface area contributed by atoms with Crippen LogP contribution in [0.2, 0.25) is 0 Å². The SMILES string of the molecule is CCOc1ccc(N2C(=O)c3ccc(C(=O)NCC(c4cccs4)N(C)C)cc3C2=O)cc1. The van der Waals surface area contributed by atoms with E-state index in [-0.39, 0.29) is 23.1 Å². The van der Waals surface area contributed by atoms with E-state index in [1.165, 1.54) is 6.07 Å². The van der Waals surface area contributed by atoms with E-state index in [2.05, 4.69) is 5.32 Å². The van der Waals surface area contributed by atoms with Gasteiger partial charge in [0.25, 0.3) is 17.7 Å². The Morgan fingerprint density at radius 3 is 2.42 bits per heavy atom. The molecule has 1 unspecified atom stereocenters. The quantitative estimate of drug-likeness (QED) is 0.511. The highest BCUT2D eigenvalue weighted by molar-refractivity contribution is 7.10. The summed E-state index contributed by atoms with van der Waals surface area (Å²) in [5, 5.41) is 4.96. The number of fused-ring (bicyclic) bond motifs is 1. The number of hydrogen-bond donors (Lipinski definition) is 1. The van der Waals surface area contributed by atoms with E-state index < -0.39 is 11.8 Å². The topological polar surface area (TPSA) is 79.0 Å². The Bertz CT molecular complexity index is 1170. The van der Waals surface area contributed by atoms with E-state index in [1.807, 2.05) is 43.4 Å². The van der Waals surface area contributed by atoms with E-state index >= 15 is 0 Å². The van der Waals surface area contributed by atoms with E-state index in [0.29, 0.717) is 30.2 Å². The van der Waals surface area contributed by atoms with Gasteiger partial charge in [0.15, 0.2) is 0 Å². The Labute approximate surface area is 196 Å². The molecule has 1 atom stereocenters. The monoisotopic (exact) mass is 463 g/mol. The van der Waals surface area contributed by atoms with Crippen LogP contribution in [-0.2, 0) is 0 Å². The Morgan fingerprint density at radius 2 is 1.79 bits per heavy atom. The molecule has 0 spiro atoms. The lowest BCUT2D eigenvalue weighted by molar-refractivity contribution is 0.0922. The van der Waals surface area contributed by atoms with Crippen LogP contribution in [0.25, 0.3) is 0 Å². The zero-order valence-corrected chi connectivity index (χ0v) is 19.5. The van der Waals surface area contributed by atoms with Gasteiger partial charge in [0.1, 0.15) is 5.75 Å². The van der Waals surface area contributed by atoms with Crippen molar-refractivity contribution in [3.05, 3.63) is 81.5 Å². The molecular formula is C25H25N3O4S. The first kappa shape index (κ1) is 22.7.